The number of carboxylic acids is 2. The lowest BCUT2D eigenvalue weighted by atomic mass is 10.1. The second kappa shape index (κ2) is 9.94. The largest absolute Gasteiger partial charge is 0.478 e. The van der Waals surface area contributed by atoms with Crippen LogP contribution in [0.4, 0.5) is 0 Å². The SMILES string of the molecule is CCCCCC(O)O.O=C(O)c1ccc(C(=O)O)cc1. The number of unbranched alkanes of at least 4 members (excludes halogenated alkanes) is 2. The highest BCUT2D eigenvalue weighted by atomic mass is 16.5. The summed E-state index contributed by atoms with van der Waals surface area (Å²) < 4.78 is 0. The van der Waals surface area contributed by atoms with E-state index in [4.69, 9.17) is 20.4 Å². The molecule has 0 aliphatic rings. The Balaban J connectivity index is 0.000000396. The van der Waals surface area contributed by atoms with Crippen molar-refractivity contribution in [2.75, 3.05) is 0 Å². The van der Waals surface area contributed by atoms with Crippen LogP contribution < -0.4 is 0 Å². The van der Waals surface area contributed by atoms with E-state index in [9.17, 15) is 9.59 Å². The van der Waals surface area contributed by atoms with Gasteiger partial charge in [0.2, 0.25) is 0 Å². The molecule has 112 valence electrons. The minimum absolute atomic E-state index is 0.0833. The number of aliphatic hydroxyl groups excluding tert-OH is 1. The van der Waals surface area contributed by atoms with Crippen LogP contribution in [0.3, 0.4) is 0 Å². The highest BCUT2D eigenvalue weighted by molar-refractivity contribution is 5.91. The summed E-state index contributed by atoms with van der Waals surface area (Å²) in [5.74, 6) is -2.13. The summed E-state index contributed by atoms with van der Waals surface area (Å²) in [6.45, 7) is 2.09. The van der Waals surface area contributed by atoms with Gasteiger partial charge in [-0.2, -0.15) is 0 Å². The zero-order valence-electron chi connectivity index (χ0n) is 11.3. The minimum atomic E-state index is -1.10. The lowest BCUT2D eigenvalue weighted by Crippen LogP contribution is -2.02. The van der Waals surface area contributed by atoms with Crippen molar-refractivity contribution in [1.29, 1.82) is 0 Å². The minimum Gasteiger partial charge on any atom is -0.478 e. The van der Waals surface area contributed by atoms with Gasteiger partial charge >= 0.3 is 11.9 Å². The van der Waals surface area contributed by atoms with Crippen LogP contribution in [0.25, 0.3) is 0 Å². The lowest BCUT2D eigenvalue weighted by molar-refractivity contribution is -0.0465. The zero-order valence-corrected chi connectivity index (χ0v) is 11.3. The van der Waals surface area contributed by atoms with Gasteiger partial charge in [0.1, 0.15) is 0 Å². The number of carboxylic acid groups (broad SMARTS) is 2. The van der Waals surface area contributed by atoms with E-state index in [0.29, 0.717) is 6.42 Å². The number of benzene rings is 1. The van der Waals surface area contributed by atoms with Crippen molar-refractivity contribution in [2.45, 2.75) is 38.9 Å². The second-order valence-corrected chi connectivity index (χ2v) is 4.16. The highest BCUT2D eigenvalue weighted by Crippen LogP contribution is 2.03. The van der Waals surface area contributed by atoms with Gasteiger partial charge in [0.25, 0.3) is 0 Å². The molecule has 0 spiro atoms. The quantitative estimate of drug-likeness (QED) is 0.469. The van der Waals surface area contributed by atoms with Gasteiger partial charge in [0.05, 0.1) is 11.1 Å². The maximum Gasteiger partial charge on any atom is 0.335 e. The van der Waals surface area contributed by atoms with Gasteiger partial charge in [0, 0.05) is 0 Å². The summed E-state index contributed by atoms with van der Waals surface area (Å²) in [6, 6.07) is 5.02. The smallest absolute Gasteiger partial charge is 0.335 e. The van der Waals surface area contributed by atoms with Crippen molar-refractivity contribution in [3.05, 3.63) is 35.4 Å². The third-order valence-corrected chi connectivity index (χ3v) is 2.44. The fourth-order valence-corrected chi connectivity index (χ4v) is 1.33. The molecule has 0 saturated heterocycles. The number of aliphatic hydroxyl groups is 2. The Bertz CT molecular complexity index is 377. The number of rotatable bonds is 6. The Kier molecular flexibility index (Phi) is 8.98. The molecule has 0 unspecified atom stereocenters. The van der Waals surface area contributed by atoms with Crippen LogP contribution in [-0.2, 0) is 0 Å². The van der Waals surface area contributed by atoms with E-state index >= 15 is 0 Å². The van der Waals surface area contributed by atoms with Crippen LogP contribution in [0, 0.1) is 0 Å². The van der Waals surface area contributed by atoms with Crippen LogP contribution in [-0.4, -0.2) is 38.7 Å². The summed E-state index contributed by atoms with van der Waals surface area (Å²) in [7, 11) is 0. The summed E-state index contributed by atoms with van der Waals surface area (Å²) in [4.78, 5) is 20.7. The number of hydrogen-bond acceptors (Lipinski definition) is 4. The molecular weight excluding hydrogens is 264 g/mol. The monoisotopic (exact) mass is 284 g/mol. The predicted molar refractivity (Wildman–Crippen MR) is 72.7 cm³/mol. The number of hydrogen-bond donors (Lipinski definition) is 4. The van der Waals surface area contributed by atoms with Crippen LogP contribution >= 0.6 is 0 Å². The first-order valence-corrected chi connectivity index (χ1v) is 6.31. The van der Waals surface area contributed by atoms with Gasteiger partial charge < -0.3 is 20.4 Å². The summed E-state index contributed by atoms with van der Waals surface area (Å²) in [6.07, 6.45) is 2.58. The van der Waals surface area contributed by atoms with E-state index in [1.807, 2.05) is 0 Å². The third-order valence-electron chi connectivity index (χ3n) is 2.44. The Morgan fingerprint density at radius 2 is 1.35 bits per heavy atom. The van der Waals surface area contributed by atoms with Gasteiger partial charge in [-0.05, 0) is 37.1 Å². The molecule has 1 rings (SSSR count). The molecule has 0 amide bonds. The molecule has 6 heteroatoms. The van der Waals surface area contributed by atoms with Gasteiger partial charge in [-0.1, -0.05) is 19.8 Å². The van der Waals surface area contributed by atoms with Crippen molar-refractivity contribution in [1.82, 2.24) is 0 Å². The third kappa shape index (κ3) is 8.23. The molecule has 0 heterocycles. The van der Waals surface area contributed by atoms with E-state index in [0.717, 1.165) is 19.3 Å². The molecular formula is C14H20O6. The van der Waals surface area contributed by atoms with Crippen LogP contribution in [0.2, 0.25) is 0 Å². The standard InChI is InChI=1S/C8H6O4.C6H14O2/c9-7(10)5-1-2-6(4-3-5)8(11)12;1-2-3-4-5-6(7)8/h1-4H,(H,9,10)(H,11,12);6-8H,2-5H2,1H3. The average molecular weight is 284 g/mol. The lowest BCUT2D eigenvalue weighted by Gasteiger charge is -1.99. The fraction of sp³-hybridized carbons (Fsp3) is 0.429. The Hall–Kier alpha value is -1.92. The van der Waals surface area contributed by atoms with E-state index < -0.39 is 18.2 Å². The van der Waals surface area contributed by atoms with E-state index in [2.05, 4.69) is 6.92 Å². The molecule has 4 N–H and O–H groups in total. The van der Waals surface area contributed by atoms with Gasteiger partial charge in [-0.3, -0.25) is 0 Å². The van der Waals surface area contributed by atoms with Crippen molar-refractivity contribution >= 4 is 11.9 Å². The van der Waals surface area contributed by atoms with Crippen molar-refractivity contribution < 1.29 is 30.0 Å². The van der Waals surface area contributed by atoms with Gasteiger partial charge in [-0.25, -0.2) is 9.59 Å². The first kappa shape index (κ1) is 18.1. The maximum atomic E-state index is 10.3. The number of carbonyl (C=O) groups is 2. The molecule has 6 nitrogen and oxygen atoms in total. The van der Waals surface area contributed by atoms with Crippen molar-refractivity contribution in [2.24, 2.45) is 0 Å². The average Bonchev–Trinajstić information content (AvgIpc) is 2.39. The van der Waals surface area contributed by atoms with Crippen LogP contribution in [0.15, 0.2) is 24.3 Å². The molecule has 0 aliphatic carbocycles. The first-order valence-electron chi connectivity index (χ1n) is 6.31. The second-order valence-electron chi connectivity index (χ2n) is 4.16. The topological polar surface area (TPSA) is 115 Å². The molecule has 20 heavy (non-hydrogen) atoms. The molecule has 1 aromatic carbocycles. The van der Waals surface area contributed by atoms with Crippen molar-refractivity contribution in [3.63, 3.8) is 0 Å². The molecule has 0 atom stereocenters. The van der Waals surface area contributed by atoms with Gasteiger partial charge in [0.15, 0.2) is 6.29 Å². The van der Waals surface area contributed by atoms with E-state index in [-0.39, 0.29) is 11.1 Å². The molecule has 0 aliphatic heterocycles. The van der Waals surface area contributed by atoms with Gasteiger partial charge in [-0.15, -0.1) is 0 Å². The van der Waals surface area contributed by atoms with Crippen molar-refractivity contribution in [3.8, 4) is 0 Å². The highest BCUT2D eigenvalue weighted by Gasteiger charge is 2.04. The fourth-order valence-electron chi connectivity index (χ4n) is 1.33. The van der Waals surface area contributed by atoms with Crippen LogP contribution in [0.5, 0.6) is 0 Å². The molecule has 1 aromatic rings. The Labute approximate surface area is 117 Å². The first-order chi connectivity index (χ1) is 9.38. The van der Waals surface area contributed by atoms with E-state index in [1.165, 1.54) is 24.3 Å². The Morgan fingerprint density at radius 3 is 1.60 bits per heavy atom. The maximum absolute atomic E-state index is 10.3. The molecule has 0 bridgehead atoms. The molecule has 0 aromatic heterocycles. The molecule has 0 fully saturated rings. The Morgan fingerprint density at radius 1 is 0.950 bits per heavy atom. The summed E-state index contributed by atoms with van der Waals surface area (Å²) in [5.41, 5.74) is 0.167. The van der Waals surface area contributed by atoms with E-state index in [1.54, 1.807) is 0 Å². The van der Waals surface area contributed by atoms with Crippen LogP contribution in [0.1, 0.15) is 53.3 Å². The summed E-state index contributed by atoms with van der Waals surface area (Å²) >= 11 is 0. The predicted octanol–water partition coefficient (Wildman–Crippen LogP) is 1.96. The molecule has 0 saturated carbocycles. The summed E-state index contributed by atoms with van der Waals surface area (Å²) in [5, 5.41) is 33.6. The number of aromatic carboxylic acids is 2. The zero-order chi connectivity index (χ0) is 15.5. The molecule has 0 radical (unpaired) electrons. The normalized spacial score (nSPS) is 9.80.